The van der Waals surface area contributed by atoms with E-state index in [2.05, 4.69) is 69.8 Å². The molecule has 0 aromatic heterocycles. The average Bonchev–Trinajstić information content (AvgIpc) is 3.01. The standard InChI is InChI=1S/C20H22BrNO/c21-16-9-7-15(8-10-16)14-22-18-13-20(11-3-4-12-20)23-19-6-2-1-5-17(18)19/h1-2,5-10,18,22H,3-4,11-14H2. The van der Waals surface area contributed by atoms with E-state index in [4.69, 9.17) is 4.74 Å². The lowest BCUT2D eigenvalue weighted by atomic mass is 9.86. The molecule has 2 aromatic rings. The molecule has 0 bridgehead atoms. The Labute approximate surface area is 146 Å². The summed E-state index contributed by atoms with van der Waals surface area (Å²) in [5.74, 6) is 1.08. The Bertz CT molecular complexity index is 676. The van der Waals surface area contributed by atoms with E-state index in [1.807, 2.05) is 0 Å². The lowest BCUT2D eigenvalue weighted by Crippen LogP contribution is -2.42. The first-order valence-electron chi connectivity index (χ1n) is 8.50. The van der Waals surface area contributed by atoms with Gasteiger partial charge in [0.2, 0.25) is 0 Å². The van der Waals surface area contributed by atoms with E-state index in [1.54, 1.807) is 0 Å². The molecule has 0 radical (unpaired) electrons. The van der Waals surface area contributed by atoms with E-state index in [1.165, 1.54) is 36.8 Å². The number of fused-ring (bicyclic) bond motifs is 1. The highest BCUT2D eigenvalue weighted by atomic mass is 79.9. The second-order valence-corrected chi connectivity index (χ2v) is 7.71. The van der Waals surface area contributed by atoms with Gasteiger partial charge in [-0.3, -0.25) is 0 Å². The molecular formula is C20H22BrNO. The number of rotatable bonds is 3. The molecule has 2 nitrogen and oxygen atoms in total. The van der Waals surface area contributed by atoms with Crippen LogP contribution in [0.1, 0.15) is 49.3 Å². The number of benzene rings is 2. The van der Waals surface area contributed by atoms with Crippen LogP contribution in [0.5, 0.6) is 5.75 Å². The summed E-state index contributed by atoms with van der Waals surface area (Å²) in [5.41, 5.74) is 2.69. The Morgan fingerprint density at radius 2 is 1.78 bits per heavy atom. The second kappa shape index (κ2) is 6.29. The first-order valence-corrected chi connectivity index (χ1v) is 9.29. The van der Waals surface area contributed by atoms with Crippen LogP contribution in [-0.4, -0.2) is 5.60 Å². The average molecular weight is 372 g/mol. The lowest BCUT2D eigenvalue weighted by molar-refractivity contribution is 0.0364. The van der Waals surface area contributed by atoms with Crippen molar-refractivity contribution in [3.05, 3.63) is 64.1 Å². The van der Waals surface area contributed by atoms with Gasteiger partial charge in [0, 0.05) is 29.0 Å². The van der Waals surface area contributed by atoms with E-state index in [0.717, 1.165) is 23.2 Å². The largest absolute Gasteiger partial charge is 0.487 e. The molecule has 2 aromatic carbocycles. The van der Waals surface area contributed by atoms with Gasteiger partial charge in [-0.1, -0.05) is 46.3 Å². The highest BCUT2D eigenvalue weighted by Gasteiger charge is 2.42. The van der Waals surface area contributed by atoms with Crippen molar-refractivity contribution in [2.75, 3.05) is 0 Å². The fourth-order valence-corrected chi connectivity index (χ4v) is 4.23. The van der Waals surface area contributed by atoms with E-state index >= 15 is 0 Å². The van der Waals surface area contributed by atoms with Crippen LogP contribution < -0.4 is 10.1 Å². The van der Waals surface area contributed by atoms with Crippen molar-refractivity contribution in [3.63, 3.8) is 0 Å². The molecule has 1 spiro atoms. The summed E-state index contributed by atoms with van der Waals surface area (Å²) >= 11 is 3.50. The van der Waals surface area contributed by atoms with Gasteiger partial charge in [-0.05, 0) is 49.4 Å². The summed E-state index contributed by atoms with van der Waals surface area (Å²) in [4.78, 5) is 0. The summed E-state index contributed by atoms with van der Waals surface area (Å²) in [7, 11) is 0. The Morgan fingerprint density at radius 1 is 1.04 bits per heavy atom. The molecular weight excluding hydrogens is 350 g/mol. The topological polar surface area (TPSA) is 21.3 Å². The maximum Gasteiger partial charge on any atom is 0.124 e. The molecule has 1 saturated carbocycles. The van der Waals surface area contributed by atoms with Crippen LogP contribution in [0.15, 0.2) is 53.0 Å². The predicted molar refractivity (Wildman–Crippen MR) is 96.6 cm³/mol. The third-order valence-corrected chi connectivity index (χ3v) is 5.71. The molecule has 0 saturated heterocycles. The Hall–Kier alpha value is -1.32. The van der Waals surface area contributed by atoms with Gasteiger partial charge in [0.25, 0.3) is 0 Å². The van der Waals surface area contributed by atoms with Crippen LogP contribution >= 0.6 is 15.9 Å². The quantitative estimate of drug-likeness (QED) is 0.782. The minimum Gasteiger partial charge on any atom is -0.487 e. The Balaban J connectivity index is 1.55. The Morgan fingerprint density at radius 3 is 2.57 bits per heavy atom. The second-order valence-electron chi connectivity index (χ2n) is 6.79. The normalized spacial score (nSPS) is 21.9. The van der Waals surface area contributed by atoms with Gasteiger partial charge in [-0.15, -0.1) is 0 Å². The molecule has 0 amide bonds. The van der Waals surface area contributed by atoms with E-state index in [9.17, 15) is 0 Å². The minimum absolute atomic E-state index is 0.0612. The fraction of sp³-hybridized carbons (Fsp3) is 0.400. The molecule has 1 aliphatic carbocycles. The monoisotopic (exact) mass is 371 g/mol. The van der Waals surface area contributed by atoms with Gasteiger partial charge in [0.1, 0.15) is 11.4 Å². The zero-order chi connectivity index (χ0) is 15.7. The molecule has 3 heteroatoms. The molecule has 1 aliphatic heterocycles. The number of halogens is 1. The van der Waals surface area contributed by atoms with Crippen LogP contribution in [0, 0.1) is 0 Å². The van der Waals surface area contributed by atoms with E-state index < -0.39 is 0 Å². The molecule has 1 heterocycles. The van der Waals surface area contributed by atoms with Crippen molar-refractivity contribution in [2.45, 2.75) is 50.3 Å². The maximum atomic E-state index is 6.43. The molecule has 1 atom stereocenters. The van der Waals surface area contributed by atoms with Crippen LogP contribution in [-0.2, 0) is 6.54 Å². The molecule has 1 unspecified atom stereocenters. The summed E-state index contributed by atoms with van der Waals surface area (Å²) in [6.07, 6.45) is 6.05. The summed E-state index contributed by atoms with van der Waals surface area (Å²) in [6.45, 7) is 0.891. The smallest absolute Gasteiger partial charge is 0.124 e. The zero-order valence-electron chi connectivity index (χ0n) is 13.2. The van der Waals surface area contributed by atoms with Crippen molar-refractivity contribution < 1.29 is 4.74 Å². The highest BCUT2D eigenvalue weighted by molar-refractivity contribution is 9.10. The summed E-state index contributed by atoms with van der Waals surface area (Å²) in [6, 6.07) is 17.5. The van der Waals surface area contributed by atoms with Gasteiger partial charge in [0.05, 0.1) is 0 Å². The molecule has 23 heavy (non-hydrogen) atoms. The van der Waals surface area contributed by atoms with Gasteiger partial charge in [-0.25, -0.2) is 0 Å². The first kappa shape index (κ1) is 15.2. The van der Waals surface area contributed by atoms with Crippen molar-refractivity contribution in [1.29, 1.82) is 0 Å². The number of hydrogen-bond acceptors (Lipinski definition) is 2. The number of para-hydroxylation sites is 1. The van der Waals surface area contributed by atoms with E-state index in [0.29, 0.717) is 6.04 Å². The lowest BCUT2D eigenvalue weighted by Gasteiger charge is -2.40. The van der Waals surface area contributed by atoms with Crippen molar-refractivity contribution >= 4 is 15.9 Å². The number of ether oxygens (including phenoxy) is 1. The van der Waals surface area contributed by atoms with Crippen LogP contribution in [0.2, 0.25) is 0 Å². The van der Waals surface area contributed by atoms with Crippen molar-refractivity contribution in [3.8, 4) is 5.75 Å². The van der Waals surface area contributed by atoms with Crippen molar-refractivity contribution in [2.24, 2.45) is 0 Å². The Kier molecular flexibility index (Phi) is 4.16. The molecule has 2 aliphatic rings. The van der Waals surface area contributed by atoms with Crippen LogP contribution in [0.3, 0.4) is 0 Å². The van der Waals surface area contributed by atoms with Crippen LogP contribution in [0.4, 0.5) is 0 Å². The SMILES string of the molecule is Brc1ccc(CNC2CC3(CCCC3)Oc3ccccc32)cc1. The molecule has 120 valence electrons. The highest BCUT2D eigenvalue weighted by Crippen LogP contribution is 2.47. The van der Waals surface area contributed by atoms with Crippen LogP contribution in [0.25, 0.3) is 0 Å². The molecule has 1 N–H and O–H groups in total. The first-order chi connectivity index (χ1) is 11.2. The summed E-state index contributed by atoms with van der Waals surface area (Å²) < 4.78 is 7.56. The van der Waals surface area contributed by atoms with Gasteiger partial charge >= 0.3 is 0 Å². The third-order valence-electron chi connectivity index (χ3n) is 5.18. The zero-order valence-corrected chi connectivity index (χ0v) is 14.8. The predicted octanol–water partition coefficient (Wildman–Crippen LogP) is 5.38. The van der Waals surface area contributed by atoms with E-state index in [-0.39, 0.29) is 5.60 Å². The maximum absolute atomic E-state index is 6.43. The number of hydrogen-bond donors (Lipinski definition) is 1. The van der Waals surface area contributed by atoms with Gasteiger partial charge in [0.15, 0.2) is 0 Å². The van der Waals surface area contributed by atoms with Crippen molar-refractivity contribution in [1.82, 2.24) is 5.32 Å². The number of nitrogens with one attached hydrogen (secondary N) is 1. The fourth-order valence-electron chi connectivity index (χ4n) is 3.97. The third kappa shape index (κ3) is 3.17. The van der Waals surface area contributed by atoms with Gasteiger partial charge < -0.3 is 10.1 Å². The molecule has 4 rings (SSSR count). The molecule has 1 fully saturated rings. The summed E-state index contributed by atoms with van der Waals surface area (Å²) in [5, 5.41) is 3.77. The van der Waals surface area contributed by atoms with Gasteiger partial charge in [-0.2, -0.15) is 0 Å². The minimum atomic E-state index is 0.0612.